The highest BCUT2D eigenvalue weighted by molar-refractivity contribution is 5.89. The van der Waals surface area contributed by atoms with Gasteiger partial charge in [-0.3, -0.25) is 9.80 Å². The van der Waals surface area contributed by atoms with E-state index in [-0.39, 0.29) is 10.8 Å². The fourth-order valence-corrected chi connectivity index (χ4v) is 7.06. The predicted octanol–water partition coefficient (Wildman–Crippen LogP) is 10.4. The molecule has 4 heteroatoms. The second kappa shape index (κ2) is 9.65. The van der Waals surface area contributed by atoms with E-state index >= 15 is 0 Å². The molecule has 0 spiro atoms. The number of benzene rings is 4. The smallest absolute Gasteiger partial charge is 0.145 e. The summed E-state index contributed by atoms with van der Waals surface area (Å²) in [6.45, 7) is 9.30. The second-order valence-corrected chi connectivity index (χ2v) is 12.8. The van der Waals surface area contributed by atoms with Crippen molar-refractivity contribution in [1.82, 2.24) is 9.97 Å². The Hall–Kier alpha value is -5.22. The van der Waals surface area contributed by atoms with Gasteiger partial charge < -0.3 is 0 Å². The molecule has 8 rings (SSSR count). The molecule has 6 aromatic rings. The van der Waals surface area contributed by atoms with Crippen molar-refractivity contribution in [3.63, 3.8) is 0 Å². The number of anilines is 6. The van der Waals surface area contributed by atoms with Crippen LogP contribution in [0.3, 0.4) is 0 Å². The molecule has 0 radical (unpaired) electrons. The van der Waals surface area contributed by atoms with Gasteiger partial charge in [-0.2, -0.15) is 0 Å². The van der Waals surface area contributed by atoms with E-state index in [2.05, 4.69) is 165 Å². The monoisotopic (exact) mass is 570 g/mol. The lowest BCUT2D eigenvalue weighted by Crippen LogP contribution is -2.36. The summed E-state index contributed by atoms with van der Waals surface area (Å²) in [6, 6.07) is 47.1. The Kier molecular flexibility index (Phi) is 5.79. The zero-order chi connectivity index (χ0) is 30.1. The lowest BCUT2D eigenvalue weighted by atomic mass is 9.70. The molecule has 2 aliphatic rings. The zero-order valence-corrected chi connectivity index (χ0v) is 25.5. The quantitative estimate of drug-likeness (QED) is 0.212. The molecule has 2 aromatic heterocycles. The highest BCUT2D eigenvalue weighted by Crippen LogP contribution is 2.57. The first kappa shape index (κ1) is 26.4. The number of fused-ring (bicyclic) bond motifs is 4. The largest absolute Gasteiger partial charge is 0.294 e. The molecule has 4 aromatic carbocycles. The molecule has 214 valence electrons. The topological polar surface area (TPSA) is 32.3 Å². The Morgan fingerprint density at radius 3 is 1.61 bits per heavy atom. The van der Waals surface area contributed by atoms with E-state index in [9.17, 15) is 0 Å². The third-order valence-electron chi connectivity index (χ3n) is 9.44. The van der Waals surface area contributed by atoms with Crippen molar-refractivity contribution < 1.29 is 0 Å². The van der Waals surface area contributed by atoms with Crippen LogP contribution in [-0.4, -0.2) is 9.97 Å². The fourth-order valence-electron chi connectivity index (χ4n) is 7.06. The van der Waals surface area contributed by atoms with E-state index in [1.807, 2.05) is 6.07 Å². The zero-order valence-electron chi connectivity index (χ0n) is 25.5. The standard InChI is InChI=1S/C40H34N4/c1-39(2)29-20-11-13-23-34(29)43(28-18-9-6-10-19-28)37-31(39)26-32-38(42-37)44(35-24-14-12-21-30(35)40(32,3)4)36-25-15-22-33(41-36)27-16-7-5-8-17-27/h5-26H,1-4H3. The lowest BCUT2D eigenvalue weighted by molar-refractivity contribution is 0.600. The molecule has 0 saturated heterocycles. The molecule has 0 aliphatic carbocycles. The van der Waals surface area contributed by atoms with Crippen LogP contribution in [0.1, 0.15) is 49.9 Å². The molecule has 0 saturated carbocycles. The van der Waals surface area contributed by atoms with Crippen LogP contribution >= 0.6 is 0 Å². The Labute approximate surface area is 259 Å². The Morgan fingerprint density at radius 1 is 0.455 bits per heavy atom. The van der Waals surface area contributed by atoms with Gasteiger partial charge in [0, 0.05) is 33.2 Å². The molecule has 0 bridgehead atoms. The van der Waals surface area contributed by atoms with Gasteiger partial charge >= 0.3 is 0 Å². The first-order chi connectivity index (χ1) is 21.4. The van der Waals surface area contributed by atoms with Crippen molar-refractivity contribution in [2.24, 2.45) is 0 Å². The molecule has 0 atom stereocenters. The summed E-state index contributed by atoms with van der Waals surface area (Å²) in [5.41, 5.74) is 9.84. The van der Waals surface area contributed by atoms with Gasteiger partial charge in [0.15, 0.2) is 0 Å². The van der Waals surface area contributed by atoms with Crippen LogP contribution in [0.4, 0.5) is 34.5 Å². The van der Waals surface area contributed by atoms with E-state index in [1.165, 1.54) is 22.3 Å². The Bertz CT molecular complexity index is 2030. The highest BCUT2D eigenvalue weighted by Gasteiger charge is 2.44. The predicted molar refractivity (Wildman–Crippen MR) is 181 cm³/mol. The summed E-state index contributed by atoms with van der Waals surface area (Å²) in [6.07, 6.45) is 0. The van der Waals surface area contributed by atoms with E-state index in [0.29, 0.717) is 0 Å². The average molecular weight is 571 g/mol. The lowest BCUT2D eigenvalue weighted by Gasteiger charge is -2.45. The van der Waals surface area contributed by atoms with Crippen LogP contribution in [0.25, 0.3) is 11.3 Å². The molecule has 44 heavy (non-hydrogen) atoms. The van der Waals surface area contributed by atoms with E-state index in [0.717, 1.165) is 45.8 Å². The summed E-state index contributed by atoms with van der Waals surface area (Å²) in [7, 11) is 0. The molecular weight excluding hydrogens is 536 g/mol. The SMILES string of the molecule is CC1(C)c2ccccc2N(c2ccccc2)c2nc3c(cc21)C(C)(C)c1ccccc1N3c1cccc(-c2ccccc2)n1. The van der Waals surface area contributed by atoms with Crippen molar-refractivity contribution in [2.75, 3.05) is 9.80 Å². The van der Waals surface area contributed by atoms with Crippen molar-refractivity contribution in [2.45, 2.75) is 38.5 Å². The first-order valence-electron chi connectivity index (χ1n) is 15.3. The summed E-state index contributed by atoms with van der Waals surface area (Å²) < 4.78 is 0. The van der Waals surface area contributed by atoms with Crippen LogP contribution in [0, 0.1) is 0 Å². The van der Waals surface area contributed by atoms with Crippen LogP contribution in [0.2, 0.25) is 0 Å². The molecule has 4 nitrogen and oxygen atoms in total. The van der Waals surface area contributed by atoms with Gasteiger partial charge in [0.1, 0.15) is 17.5 Å². The molecule has 0 unspecified atom stereocenters. The van der Waals surface area contributed by atoms with E-state index in [1.54, 1.807) is 0 Å². The maximum absolute atomic E-state index is 5.67. The van der Waals surface area contributed by atoms with Gasteiger partial charge in [0.25, 0.3) is 0 Å². The number of rotatable bonds is 3. The van der Waals surface area contributed by atoms with Gasteiger partial charge in [-0.1, -0.05) is 119 Å². The third kappa shape index (κ3) is 3.84. The minimum atomic E-state index is -0.272. The van der Waals surface area contributed by atoms with Gasteiger partial charge in [0.2, 0.25) is 0 Å². The van der Waals surface area contributed by atoms with Crippen LogP contribution < -0.4 is 9.80 Å². The summed E-state index contributed by atoms with van der Waals surface area (Å²) >= 11 is 0. The van der Waals surface area contributed by atoms with Crippen molar-refractivity contribution >= 4 is 34.5 Å². The van der Waals surface area contributed by atoms with Crippen molar-refractivity contribution in [1.29, 1.82) is 0 Å². The van der Waals surface area contributed by atoms with Crippen molar-refractivity contribution in [3.8, 4) is 11.3 Å². The van der Waals surface area contributed by atoms with E-state index < -0.39 is 0 Å². The summed E-state index contributed by atoms with van der Waals surface area (Å²) in [5.74, 6) is 2.73. The average Bonchev–Trinajstić information content (AvgIpc) is 3.06. The maximum Gasteiger partial charge on any atom is 0.145 e. The molecule has 2 aliphatic heterocycles. The van der Waals surface area contributed by atoms with Crippen LogP contribution in [0.5, 0.6) is 0 Å². The van der Waals surface area contributed by atoms with Gasteiger partial charge in [-0.25, -0.2) is 9.97 Å². The Morgan fingerprint density at radius 2 is 0.977 bits per heavy atom. The minimum Gasteiger partial charge on any atom is -0.294 e. The van der Waals surface area contributed by atoms with Gasteiger partial charge in [-0.05, 0) is 53.6 Å². The number of para-hydroxylation sites is 3. The highest BCUT2D eigenvalue weighted by atomic mass is 15.3. The summed E-state index contributed by atoms with van der Waals surface area (Å²) in [5, 5.41) is 0. The minimum absolute atomic E-state index is 0.247. The van der Waals surface area contributed by atoms with Gasteiger partial charge in [-0.15, -0.1) is 0 Å². The van der Waals surface area contributed by atoms with Crippen molar-refractivity contribution in [3.05, 3.63) is 156 Å². The molecule has 0 fully saturated rings. The van der Waals surface area contributed by atoms with Crippen LogP contribution in [-0.2, 0) is 10.8 Å². The maximum atomic E-state index is 5.67. The van der Waals surface area contributed by atoms with E-state index in [4.69, 9.17) is 9.97 Å². The second-order valence-electron chi connectivity index (χ2n) is 12.8. The Balaban J connectivity index is 1.43. The third-order valence-corrected chi connectivity index (χ3v) is 9.44. The normalized spacial score (nSPS) is 15.5. The number of aromatic nitrogens is 2. The number of pyridine rings is 2. The fraction of sp³-hybridized carbons (Fsp3) is 0.150. The summed E-state index contributed by atoms with van der Waals surface area (Å²) in [4.78, 5) is 15.5. The van der Waals surface area contributed by atoms with Gasteiger partial charge in [0.05, 0.1) is 17.1 Å². The molecular formula is C40H34N4. The number of nitrogens with zero attached hydrogens (tertiary/aromatic N) is 4. The number of hydrogen-bond donors (Lipinski definition) is 0. The molecule has 0 amide bonds. The molecule has 0 N–H and O–H groups in total. The molecule has 4 heterocycles. The van der Waals surface area contributed by atoms with Crippen LogP contribution in [0.15, 0.2) is 133 Å². The number of hydrogen-bond acceptors (Lipinski definition) is 4. The first-order valence-corrected chi connectivity index (χ1v) is 15.3.